The fourth-order valence-electron chi connectivity index (χ4n) is 1.60. The van der Waals surface area contributed by atoms with Crippen LogP contribution in [0.3, 0.4) is 0 Å². The Kier molecular flexibility index (Phi) is 6.95. The maximum Gasteiger partial charge on any atom is 0.319 e. The number of aliphatic hydroxyl groups excluding tert-OH is 2. The predicted octanol–water partition coefficient (Wildman–Crippen LogP) is 0.190. The van der Waals surface area contributed by atoms with Crippen LogP contribution in [0.5, 0.6) is 0 Å². The Labute approximate surface area is 136 Å². The van der Waals surface area contributed by atoms with Crippen molar-refractivity contribution in [3.05, 3.63) is 24.3 Å². The minimum atomic E-state index is -3.56. The molecule has 0 aromatic heterocycles. The first-order valence-electron chi connectivity index (χ1n) is 7.10. The van der Waals surface area contributed by atoms with Gasteiger partial charge in [-0.25, -0.2) is 13.2 Å². The van der Waals surface area contributed by atoms with Crippen LogP contribution in [0.25, 0.3) is 0 Å². The van der Waals surface area contributed by atoms with Crippen molar-refractivity contribution in [1.82, 2.24) is 9.62 Å². The number of urea groups is 1. The predicted molar refractivity (Wildman–Crippen MR) is 86.6 cm³/mol. The van der Waals surface area contributed by atoms with Crippen LogP contribution in [-0.4, -0.2) is 61.3 Å². The molecule has 0 saturated heterocycles. The van der Waals surface area contributed by atoms with Gasteiger partial charge in [0.05, 0.1) is 17.6 Å². The van der Waals surface area contributed by atoms with E-state index in [1.807, 2.05) is 0 Å². The minimum Gasteiger partial charge on any atom is -0.394 e. The van der Waals surface area contributed by atoms with Crippen LogP contribution in [0.1, 0.15) is 13.8 Å². The van der Waals surface area contributed by atoms with Crippen molar-refractivity contribution in [1.29, 1.82) is 0 Å². The van der Waals surface area contributed by atoms with Crippen molar-refractivity contribution in [2.75, 3.05) is 25.5 Å². The molecule has 0 fully saturated rings. The Morgan fingerprint density at radius 2 is 1.83 bits per heavy atom. The lowest BCUT2D eigenvalue weighted by molar-refractivity contribution is 0.0965. The number of carbonyl (C=O) groups excluding carboxylic acids is 1. The fourth-order valence-corrected chi connectivity index (χ4v) is 2.97. The zero-order chi connectivity index (χ0) is 17.6. The van der Waals surface area contributed by atoms with Crippen molar-refractivity contribution < 1.29 is 23.4 Å². The number of carbonyl (C=O) groups is 1. The highest BCUT2D eigenvalue weighted by atomic mass is 32.2. The molecule has 0 heterocycles. The Hall–Kier alpha value is -1.68. The molecule has 0 aliphatic carbocycles. The van der Waals surface area contributed by atoms with Crippen LogP contribution in [0.2, 0.25) is 0 Å². The number of sulfonamides is 1. The van der Waals surface area contributed by atoms with Crippen LogP contribution in [0, 0.1) is 0 Å². The van der Waals surface area contributed by atoms with Crippen LogP contribution < -0.4 is 10.6 Å². The summed E-state index contributed by atoms with van der Waals surface area (Å²) in [5.74, 6) is 0. The molecule has 0 unspecified atom stereocenters. The first-order chi connectivity index (χ1) is 10.7. The number of nitrogens with zero attached hydrogens (tertiary/aromatic N) is 1. The molecule has 0 saturated carbocycles. The van der Waals surface area contributed by atoms with Crippen LogP contribution >= 0.6 is 0 Å². The number of hydrogen-bond donors (Lipinski definition) is 4. The summed E-state index contributed by atoms with van der Waals surface area (Å²) in [4.78, 5) is 11.7. The van der Waals surface area contributed by atoms with E-state index in [0.29, 0.717) is 5.69 Å². The third kappa shape index (κ3) is 5.47. The quantitative estimate of drug-likeness (QED) is 0.562. The summed E-state index contributed by atoms with van der Waals surface area (Å²) in [5, 5.41) is 22.7. The first-order valence-corrected chi connectivity index (χ1v) is 8.54. The van der Waals surface area contributed by atoms with Gasteiger partial charge < -0.3 is 20.8 Å². The molecule has 8 nitrogen and oxygen atoms in total. The van der Waals surface area contributed by atoms with Gasteiger partial charge in [0.25, 0.3) is 0 Å². The summed E-state index contributed by atoms with van der Waals surface area (Å²) in [6.45, 7) is 3.02. The van der Waals surface area contributed by atoms with Gasteiger partial charge in [-0.2, -0.15) is 4.31 Å². The van der Waals surface area contributed by atoms with Crippen molar-refractivity contribution in [3.8, 4) is 0 Å². The summed E-state index contributed by atoms with van der Waals surface area (Å²) in [6, 6.07) is 5.04. The maximum absolute atomic E-state index is 12.3. The molecule has 1 rings (SSSR count). The van der Waals surface area contributed by atoms with E-state index >= 15 is 0 Å². The van der Waals surface area contributed by atoms with E-state index in [1.165, 1.54) is 35.6 Å². The van der Waals surface area contributed by atoms with E-state index in [-0.39, 0.29) is 17.5 Å². The number of anilines is 1. The second kappa shape index (κ2) is 8.25. The Morgan fingerprint density at radius 1 is 1.26 bits per heavy atom. The van der Waals surface area contributed by atoms with Gasteiger partial charge >= 0.3 is 6.03 Å². The molecule has 130 valence electrons. The number of nitrogens with one attached hydrogen (secondary N) is 2. The van der Waals surface area contributed by atoms with Gasteiger partial charge in [0.2, 0.25) is 10.0 Å². The zero-order valence-corrected chi connectivity index (χ0v) is 14.2. The molecule has 0 spiro atoms. The largest absolute Gasteiger partial charge is 0.394 e. The van der Waals surface area contributed by atoms with E-state index in [4.69, 9.17) is 10.2 Å². The highest BCUT2D eigenvalue weighted by molar-refractivity contribution is 7.89. The molecule has 0 aliphatic rings. The Bertz CT molecular complexity index is 616. The normalized spacial score (nSPS) is 13.2. The van der Waals surface area contributed by atoms with Gasteiger partial charge in [-0.05, 0) is 38.1 Å². The van der Waals surface area contributed by atoms with E-state index in [0.717, 1.165) is 0 Å². The average molecular weight is 345 g/mol. The van der Waals surface area contributed by atoms with Gasteiger partial charge in [-0.3, -0.25) is 0 Å². The van der Waals surface area contributed by atoms with Gasteiger partial charge in [0.15, 0.2) is 0 Å². The second-order valence-corrected chi connectivity index (χ2v) is 7.31. The summed E-state index contributed by atoms with van der Waals surface area (Å²) >= 11 is 0. The van der Waals surface area contributed by atoms with E-state index in [1.54, 1.807) is 13.8 Å². The summed E-state index contributed by atoms with van der Waals surface area (Å²) < 4.78 is 25.8. The minimum absolute atomic E-state index is 0.0893. The van der Waals surface area contributed by atoms with Gasteiger partial charge in [0.1, 0.15) is 0 Å². The summed E-state index contributed by atoms with van der Waals surface area (Å²) in [7, 11) is -2.06. The molecule has 1 aromatic carbocycles. The lowest BCUT2D eigenvalue weighted by Crippen LogP contribution is -2.36. The number of hydrogen-bond acceptors (Lipinski definition) is 5. The maximum atomic E-state index is 12.3. The fraction of sp³-hybridized carbons (Fsp3) is 0.500. The number of benzene rings is 1. The second-order valence-electron chi connectivity index (χ2n) is 5.31. The summed E-state index contributed by atoms with van der Waals surface area (Å²) in [6.07, 6.45) is -1.03. The van der Waals surface area contributed by atoms with Crippen molar-refractivity contribution in [2.24, 2.45) is 0 Å². The van der Waals surface area contributed by atoms with E-state index in [2.05, 4.69) is 10.6 Å². The standard InChI is InChI=1S/C14H23N3O5S/c1-10(2)17(3)23(21,22)13-6-4-11(5-7-13)16-14(20)15-8-12(19)9-18/h4-7,10,12,18-19H,8-9H2,1-3H3,(H2,15,16,20)/t12-/m1/s1. The zero-order valence-electron chi connectivity index (χ0n) is 13.4. The highest BCUT2D eigenvalue weighted by Crippen LogP contribution is 2.18. The summed E-state index contributed by atoms with van der Waals surface area (Å²) in [5.41, 5.74) is 0.409. The highest BCUT2D eigenvalue weighted by Gasteiger charge is 2.22. The number of aliphatic hydroxyl groups is 2. The Morgan fingerprint density at radius 3 is 2.30 bits per heavy atom. The molecule has 0 aliphatic heterocycles. The molecule has 4 N–H and O–H groups in total. The van der Waals surface area contributed by atoms with Crippen LogP contribution in [0.15, 0.2) is 29.2 Å². The SMILES string of the molecule is CC(C)N(C)S(=O)(=O)c1ccc(NC(=O)NC[C@@H](O)CO)cc1. The molecule has 0 bridgehead atoms. The average Bonchev–Trinajstić information content (AvgIpc) is 2.52. The third-order valence-electron chi connectivity index (χ3n) is 3.23. The van der Waals surface area contributed by atoms with Crippen molar-refractivity contribution >= 4 is 21.7 Å². The monoisotopic (exact) mass is 345 g/mol. The first kappa shape index (κ1) is 19.4. The lowest BCUT2D eigenvalue weighted by Gasteiger charge is -2.21. The Balaban J connectivity index is 2.72. The molecule has 0 radical (unpaired) electrons. The molecule has 9 heteroatoms. The molecule has 1 aromatic rings. The van der Waals surface area contributed by atoms with Crippen molar-refractivity contribution in [2.45, 2.75) is 30.9 Å². The van der Waals surface area contributed by atoms with E-state index < -0.39 is 28.8 Å². The molecular formula is C14H23N3O5S. The van der Waals surface area contributed by atoms with E-state index in [9.17, 15) is 13.2 Å². The molecule has 23 heavy (non-hydrogen) atoms. The van der Waals surface area contributed by atoms with Crippen LogP contribution in [-0.2, 0) is 10.0 Å². The number of rotatable bonds is 7. The topological polar surface area (TPSA) is 119 Å². The van der Waals surface area contributed by atoms with Gasteiger partial charge in [0, 0.05) is 25.3 Å². The smallest absolute Gasteiger partial charge is 0.319 e. The van der Waals surface area contributed by atoms with Crippen LogP contribution in [0.4, 0.5) is 10.5 Å². The number of amides is 2. The van der Waals surface area contributed by atoms with Crippen molar-refractivity contribution in [3.63, 3.8) is 0 Å². The molecular weight excluding hydrogens is 322 g/mol. The molecule has 2 amide bonds. The lowest BCUT2D eigenvalue weighted by atomic mass is 10.3. The third-order valence-corrected chi connectivity index (χ3v) is 5.27. The van der Waals surface area contributed by atoms with Gasteiger partial charge in [-0.15, -0.1) is 0 Å². The van der Waals surface area contributed by atoms with Gasteiger partial charge in [-0.1, -0.05) is 0 Å². The molecule has 1 atom stereocenters.